The second-order valence-electron chi connectivity index (χ2n) is 3.59. The van der Waals surface area contributed by atoms with Crippen molar-refractivity contribution >= 4 is 5.91 Å². The van der Waals surface area contributed by atoms with E-state index in [4.69, 9.17) is 5.26 Å². The summed E-state index contributed by atoms with van der Waals surface area (Å²) in [5.74, 6) is 0.289. The first-order chi connectivity index (χ1) is 6.60. The first-order valence-electron chi connectivity index (χ1n) is 4.87. The van der Waals surface area contributed by atoms with Gasteiger partial charge in [-0.25, -0.2) is 0 Å². The molecular weight excluding hydrogens is 176 g/mol. The molecule has 0 saturated carbocycles. The van der Waals surface area contributed by atoms with Crippen molar-refractivity contribution in [2.75, 3.05) is 0 Å². The van der Waals surface area contributed by atoms with Crippen molar-refractivity contribution in [3.63, 3.8) is 0 Å². The van der Waals surface area contributed by atoms with Gasteiger partial charge in [-0.15, -0.1) is 6.58 Å². The Hall–Kier alpha value is -1.30. The van der Waals surface area contributed by atoms with E-state index >= 15 is 0 Å². The number of amides is 1. The molecule has 14 heavy (non-hydrogen) atoms. The maximum atomic E-state index is 10.7. The molecule has 3 nitrogen and oxygen atoms in total. The van der Waals surface area contributed by atoms with E-state index < -0.39 is 0 Å². The maximum absolute atomic E-state index is 10.7. The van der Waals surface area contributed by atoms with Gasteiger partial charge < -0.3 is 5.32 Å². The first-order valence-corrected chi connectivity index (χ1v) is 4.87. The van der Waals surface area contributed by atoms with Crippen LogP contribution in [-0.4, -0.2) is 11.9 Å². The summed E-state index contributed by atoms with van der Waals surface area (Å²) >= 11 is 0. The quantitative estimate of drug-likeness (QED) is 0.657. The van der Waals surface area contributed by atoms with E-state index in [2.05, 4.69) is 24.9 Å². The Morgan fingerprint density at radius 3 is 2.79 bits per heavy atom. The molecule has 0 aromatic rings. The molecule has 0 aliphatic carbocycles. The molecule has 0 aliphatic rings. The van der Waals surface area contributed by atoms with E-state index in [1.807, 2.05) is 6.08 Å². The van der Waals surface area contributed by atoms with Crippen LogP contribution in [0.2, 0.25) is 0 Å². The van der Waals surface area contributed by atoms with Gasteiger partial charge in [0.25, 0.3) is 0 Å². The average Bonchev–Trinajstić information content (AvgIpc) is 2.12. The highest BCUT2D eigenvalue weighted by atomic mass is 16.1. The normalized spacial score (nSPS) is 13.8. The van der Waals surface area contributed by atoms with Crippen LogP contribution < -0.4 is 5.32 Å². The molecular formula is C11H18N2O. The number of hydrogen-bond donors (Lipinski definition) is 1. The molecule has 0 spiro atoms. The smallest absolute Gasteiger partial charge is 0.217 e. The number of nitriles is 1. The predicted octanol–water partition coefficient (Wildman–Crippen LogP) is 2.01. The summed E-state index contributed by atoms with van der Waals surface area (Å²) in [4.78, 5) is 10.7. The molecule has 0 saturated heterocycles. The second-order valence-corrected chi connectivity index (χ2v) is 3.59. The zero-order valence-corrected chi connectivity index (χ0v) is 8.92. The molecule has 0 bridgehead atoms. The van der Waals surface area contributed by atoms with Gasteiger partial charge in [0.1, 0.15) is 6.04 Å². The minimum Gasteiger partial charge on any atom is -0.341 e. The Bertz CT molecular complexity index is 230. The monoisotopic (exact) mass is 194 g/mol. The van der Waals surface area contributed by atoms with Gasteiger partial charge in [-0.05, 0) is 25.2 Å². The largest absolute Gasteiger partial charge is 0.341 e. The van der Waals surface area contributed by atoms with Gasteiger partial charge in [0, 0.05) is 6.92 Å². The maximum Gasteiger partial charge on any atom is 0.217 e. The van der Waals surface area contributed by atoms with Gasteiger partial charge in [-0.1, -0.05) is 13.0 Å². The Balaban J connectivity index is 3.86. The zero-order valence-electron chi connectivity index (χ0n) is 8.92. The van der Waals surface area contributed by atoms with E-state index in [1.165, 1.54) is 6.92 Å². The number of hydrogen-bond acceptors (Lipinski definition) is 2. The molecule has 2 unspecified atom stereocenters. The Morgan fingerprint density at radius 2 is 2.36 bits per heavy atom. The molecule has 0 radical (unpaired) electrons. The van der Waals surface area contributed by atoms with E-state index in [1.54, 1.807) is 0 Å². The van der Waals surface area contributed by atoms with E-state index in [-0.39, 0.29) is 11.9 Å². The lowest BCUT2D eigenvalue weighted by atomic mass is 9.97. The second kappa shape index (κ2) is 7.14. The fourth-order valence-corrected chi connectivity index (χ4v) is 1.31. The van der Waals surface area contributed by atoms with Crippen molar-refractivity contribution in [3.05, 3.63) is 12.7 Å². The highest BCUT2D eigenvalue weighted by Crippen LogP contribution is 2.12. The third-order valence-corrected chi connectivity index (χ3v) is 2.03. The van der Waals surface area contributed by atoms with E-state index in [9.17, 15) is 4.79 Å². The summed E-state index contributed by atoms with van der Waals surface area (Å²) in [5, 5.41) is 11.4. The summed E-state index contributed by atoms with van der Waals surface area (Å²) in [6.45, 7) is 7.15. The third-order valence-electron chi connectivity index (χ3n) is 2.03. The van der Waals surface area contributed by atoms with Gasteiger partial charge in [0.2, 0.25) is 5.91 Å². The van der Waals surface area contributed by atoms with Gasteiger partial charge >= 0.3 is 0 Å². The molecule has 0 aromatic heterocycles. The lowest BCUT2D eigenvalue weighted by Crippen LogP contribution is -2.33. The fourth-order valence-electron chi connectivity index (χ4n) is 1.31. The predicted molar refractivity (Wildman–Crippen MR) is 56.4 cm³/mol. The minimum absolute atomic E-state index is 0.146. The number of carbonyl (C=O) groups excluding carboxylic acids is 1. The van der Waals surface area contributed by atoms with Crippen LogP contribution in [0.4, 0.5) is 0 Å². The molecule has 78 valence electrons. The van der Waals surface area contributed by atoms with E-state index in [0.29, 0.717) is 12.3 Å². The molecule has 0 aliphatic heterocycles. The highest BCUT2D eigenvalue weighted by molar-refractivity contribution is 5.73. The summed E-state index contributed by atoms with van der Waals surface area (Å²) < 4.78 is 0. The molecule has 0 aromatic carbocycles. The fraction of sp³-hybridized carbons (Fsp3) is 0.636. The molecule has 0 rings (SSSR count). The van der Waals surface area contributed by atoms with Gasteiger partial charge in [0.05, 0.1) is 6.07 Å². The molecule has 0 fully saturated rings. The van der Waals surface area contributed by atoms with Crippen molar-refractivity contribution < 1.29 is 4.79 Å². The van der Waals surface area contributed by atoms with Crippen LogP contribution >= 0.6 is 0 Å². The lowest BCUT2D eigenvalue weighted by molar-refractivity contribution is -0.119. The van der Waals surface area contributed by atoms with Gasteiger partial charge in [-0.3, -0.25) is 4.79 Å². The lowest BCUT2D eigenvalue weighted by Gasteiger charge is -2.14. The van der Waals surface area contributed by atoms with Crippen molar-refractivity contribution in [3.8, 4) is 6.07 Å². The first kappa shape index (κ1) is 12.7. The number of nitrogens with one attached hydrogen (secondary N) is 1. The number of allylic oxidation sites excluding steroid dienone is 1. The average molecular weight is 194 g/mol. The summed E-state index contributed by atoms with van der Waals surface area (Å²) in [6.07, 6.45) is 4.56. The minimum atomic E-state index is -0.354. The summed E-state index contributed by atoms with van der Waals surface area (Å²) in [6, 6.07) is 1.73. The van der Waals surface area contributed by atoms with Crippen molar-refractivity contribution in [2.45, 2.75) is 39.2 Å². The van der Waals surface area contributed by atoms with Crippen LogP contribution in [0.1, 0.15) is 33.1 Å². The number of carbonyl (C=O) groups is 1. The molecule has 0 heterocycles. The molecule has 1 N–H and O–H groups in total. The van der Waals surface area contributed by atoms with Gasteiger partial charge in [0.15, 0.2) is 0 Å². The van der Waals surface area contributed by atoms with Crippen molar-refractivity contribution in [1.82, 2.24) is 5.32 Å². The topological polar surface area (TPSA) is 52.9 Å². The Morgan fingerprint density at radius 1 is 1.71 bits per heavy atom. The molecule has 2 atom stereocenters. The Labute approximate surface area is 85.8 Å². The third kappa shape index (κ3) is 6.24. The summed E-state index contributed by atoms with van der Waals surface area (Å²) in [5.41, 5.74) is 0. The van der Waals surface area contributed by atoms with E-state index in [0.717, 1.165) is 12.8 Å². The number of nitrogens with zero attached hydrogens (tertiary/aromatic N) is 1. The highest BCUT2D eigenvalue weighted by Gasteiger charge is 2.12. The standard InChI is InChI=1S/C11H18N2O/c1-4-5-6-9(2)7-11(8-12)13-10(3)14/h4,9,11H,1,5-7H2,2-3H3,(H,13,14). The Kier molecular flexibility index (Phi) is 6.47. The van der Waals surface area contributed by atoms with Crippen LogP contribution in [0.15, 0.2) is 12.7 Å². The van der Waals surface area contributed by atoms with Crippen LogP contribution in [0, 0.1) is 17.2 Å². The van der Waals surface area contributed by atoms with Crippen LogP contribution in [0.3, 0.4) is 0 Å². The zero-order chi connectivity index (χ0) is 11.0. The van der Waals surface area contributed by atoms with Gasteiger partial charge in [-0.2, -0.15) is 5.26 Å². The van der Waals surface area contributed by atoms with Crippen LogP contribution in [0.25, 0.3) is 0 Å². The van der Waals surface area contributed by atoms with Crippen molar-refractivity contribution in [2.24, 2.45) is 5.92 Å². The van der Waals surface area contributed by atoms with Crippen LogP contribution in [0.5, 0.6) is 0 Å². The molecule has 1 amide bonds. The van der Waals surface area contributed by atoms with Crippen LogP contribution in [-0.2, 0) is 4.79 Å². The number of rotatable bonds is 6. The van der Waals surface area contributed by atoms with Crippen molar-refractivity contribution in [1.29, 1.82) is 5.26 Å². The molecule has 3 heteroatoms. The summed E-state index contributed by atoms with van der Waals surface area (Å²) in [7, 11) is 0. The SMILES string of the molecule is C=CCCC(C)CC(C#N)NC(C)=O.